The van der Waals surface area contributed by atoms with E-state index >= 15 is 0 Å². The fourth-order valence-electron chi connectivity index (χ4n) is 7.61. The number of hydrogen-bond donors (Lipinski definition) is 0. The summed E-state index contributed by atoms with van der Waals surface area (Å²) in [6.07, 6.45) is 15.0. The normalized spacial score (nSPS) is 39.9. The van der Waals surface area contributed by atoms with Crippen molar-refractivity contribution >= 4 is 11.8 Å². The Morgan fingerprint density at radius 1 is 1.15 bits per heavy atom. The quantitative estimate of drug-likeness (QED) is 0.331. The van der Waals surface area contributed by atoms with E-state index in [1.807, 2.05) is 0 Å². The third-order valence-electron chi connectivity index (χ3n) is 10.1. The standard InChI is InChI=1S/C30H44O3/c1-18(2)19(3)8-9-20(4)24-10-11-25-23-17-28(33-21(5)31)27-16-22(32)12-14-30(27,7)26(23)13-15-29(24,25)6/h8-9,13,17-20,24-25,27-28H,10-12,14-16H2,1-7H3/b9-8+/t19-,20+,24+,25+,27-,28-,29-,30-/m0/s1. The van der Waals surface area contributed by atoms with Crippen molar-refractivity contribution < 1.29 is 14.3 Å². The topological polar surface area (TPSA) is 43.4 Å². The van der Waals surface area contributed by atoms with Crippen molar-refractivity contribution in [3.63, 3.8) is 0 Å². The number of allylic oxidation sites excluding steroid dienone is 5. The molecule has 3 heteroatoms. The number of ether oxygens (including phenoxy) is 1. The lowest BCUT2D eigenvalue weighted by atomic mass is 9.51. The van der Waals surface area contributed by atoms with Gasteiger partial charge in [-0.1, -0.05) is 59.8 Å². The summed E-state index contributed by atoms with van der Waals surface area (Å²) in [6, 6.07) is 0. The van der Waals surface area contributed by atoms with Gasteiger partial charge >= 0.3 is 5.97 Å². The molecular formula is C30H44O3. The molecule has 2 saturated carbocycles. The van der Waals surface area contributed by atoms with Crippen LogP contribution in [0.25, 0.3) is 0 Å². The molecule has 0 radical (unpaired) electrons. The maximum Gasteiger partial charge on any atom is 0.303 e. The summed E-state index contributed by atoms with van der Waals surface area (Å²) in [5.74, 6) is 3.13. The second-order valence-corrected chi connectivity index (χ2v) is 12.4. The van der Waals surface area contributed by atoms with Crippen LogP contribution < -0.4 is 0 Å². The zero-order chi connectivity index (χ0) is 24.1. The maximum atomic E-state index is 12.4. The van der Waals surface area contributed by atoms with Crippen LogP contribution in [0.3, 0.4) is 0 Å². The molecule has 0 aromatic rings. The monoisotopic (exact) mass is 452 g/mol. The van der Waals surface area contributed by atoms with E-state index in [0.29, 0.717) is 48.2 Å². The average molecular weight is 453 g/mol. The Kier molecular flexibility index (Phi) is 6.57. The van der Waals surface area contributed by atoms with Crippen LogP contribution in [-0.2, 0) is 14.3 Å². The molecule has 4 rings (SSSR count). The van der Waals surface area contributed by atoms with E-state index in [4.69, 9.17) is 4.74 Å². The molecule has 2 fully saturated rings. The molecule has 0 spiro atoms. The number of carbonyl (C=O) groups is 2. The van der Waals surface area contributed by atoms with Crippen molar-refractivity contribution in [1.82, 2.24) is 0 Å². The van der Waals surface area contributed by atoms with E-state index in [0.717, 1.165) is 12.8 Å². The van der Waals surface area contributed by atoms with Crippen LogP contribution in [0.1, 0.15) is 87.0 Å². The minimum atomic E-state index is -0.283. The Balaban J connectivity index is 1.67. The van der Waals surface area contributed by atoms with Crippen molar-refractivity contribution in [2.75, 3.05) is 0 Å². The number of esters is 1. The Morgan fingerprint density at radius 2 is 1.88 bits per heavy atom. The fourth-order valence-corrected chi connectivity index (χ4v) is 7.61. The van der Waals surface area contributed by atoms with Crippen molar-refractivity contribution in [3.8, 4) is 0 Å². The van der Waals surface area contributed by atoms with Crippen LogP contribution in [0.5, 0.6) is 0 Å². The lowest BCUT2D eigenvalue weighted by molar-refractivity contribution is -0.151. The van der Waals surface area contributed by atoms with Gasteiger partial charge in [-0.3, -0.25) is 9.59 Å². The average Bonchev–Trinajstić information content (AvgIpc) is 3.10. The largest absolute Gasteiger partial charge is 0.458 e. The molecule has 0 N–H and O–H groups in total. The fraction of sp³-hybridized carbons (Fsp3) is 0.733. The van der Waals surface area contributed by atoms with Crippen LogP contribution in [0.4, 0.5) is 0 Å². The van der Waals surface area contributed by atoms with Gasteiger partial charge < -0.3 is 4.74 Å². The van der Waals surface area contributed by atoms with Gasteiger partial charge in [0.15, 0.2) is 0 Å². The number of carbonyl (C=O) groups excluding carboxylic acids is 2. The van der Waals surface area contributed by atoms with E-state index in [2.05, 4.69) is 65.8 Å². The molecule has 0 amide bonds. The number of Topliss-reactive ketones (excluding diaryl/α,β-unsaturated/α-hetero) is 1. The molecule has 4 aliphatic carbocycles. The minimum absolute atomic E-state index is 0.0681. The first-order valence-corrected chi connectivity index (χ1v) is 13.3. The molecule has 4 aliphatic rings. The SMILES string of the molecule is CC(=O)O[C@H]1C=C2C(=CC[C@]3(C)[C@@H]2CC[C@@H]3[C@H](C)/C=C/[C@H](C)C(C)C)[C@]2(C)CCC(=O)C[C@@H]12. The summed E-state index contributed by atoms with van der Waals surface area (Å²) in [5.41, 5.74) is 3.05. The second-order valence-electron chi connectivity index (χ2n) is 12.4. The molecule has 0 aliphatic heterocycles. The molecule has 33 heavy (non-hydrogen) atoms. The van der Waals surface area contributed by atoms with E-state index in [1.54, 1.807) is 0 Å². The van der Waals surface area contributed by atoms with E-state index in [-0.39, 0.29) is 28.8 Å². The maximum absolute atomic E-state index is 12.4. The van der Waals surface area contributed by atoms with Crippen molar-refractivity contribution in [2.45, 2.75) is 93.1 Å². The van der Waals surface area contributed by atoms with Gasteiger partial charge in [-0.15, -0.1) is 0 Å². The van der Waals surface area contributed by atoms with Gasteiger partial charge in [0.2, 0.25) is 0 Å². The summed E-state index contributed by atoms with van der Waals surface area (Å²) in [6.45, 7) is 15.6. The summed E-state index contributed by atoms with van der Waals surface area (Å²) < 4.78 is 5.86. The van der Waals surface area contributed by atoms with Gasteiger partial charge in [-0.25, -0.2) is 0 Å². The van der Waals surface area contributed by atoms with E-state index in [9.17, 15) is 9.59 Å². The molecular weight excluding hydrogens is 408 g/mol. The van der Waals surface area contributed by atoms with Crippen molar-refractivity contribution in [1.29, 1.82) is 0 Å². The molecule has 0 saturated heterocycles. The van der Waals surface area contributed by atoms with Crippen LogP contribution >= 0.6 is 0 Å². The lowest BCUT2D eigenvalue weighted by Crippen LogP contribution is -2.49. The summed E-state index contributed by atoms with van der Waals surface area (Å²) in [4.78, 5) is 24.3. The Morgan fingerprint density at radius 3 is 2.55 bits per heavy atom. The number of fused-ring (bicyclic) bond motifs is 5. The van der Waals surface area contributed by atoms with Gasteiger partial charge in [0.1, 0.15) is 11.9 Å². The van der Waals surface area contributed by atoms with Crippen LogP contribution in [0, 0.1) is 46.3 Å². The zero-order valence-corrected chi connectivity index (χ0v) is 21.8. The lowest BCUT2D eigenvalue weighted by Gasteiger charge is -2.54. The first-order chi connectivity index (χ1) is 15.5. The van der Waals surface area contributed by atoms with Crippen molar-refractivity contribution in [2.24, 2.45) is 46.3 Å². The number of ketones is 1. The van der Waals surface area contributed by atoms with E-state index in [1.165, 1.54) is 30.9 Å². The van der Waals surface area contributed by atoms with Crippen LogP contribution in [0.2, 0.25) is 0 Å². The molecule has 0 unspecified atom stereocenters. The van der Waals surface area contributed by atoms with Gasteiger partial charge in [-0.2, -0.15) is 0 Å². The molecule has 0 aromatic carbocycles. The highest BCUT2D eigenvalue weighted by Crippen LogP contribution is 2.64. The van der Waals surface area contributed by atoms with Gasteiger partial charge in [0, 0.05) is 25.7 Å². The first kappa shape index (κ1) is 24.5. The molecule has 0 bridgehead atoms. The molecule has 0 heterocycles. The third kappa shape index (κ3) is 4.19. The number of hydrogen-bond acceptors (Lipinski definition) is 3. The smallest absolute Gasteiger partial charge is 0.303 e. The Hall–Kier alpha value is -1.64. The molecule has 0 aromatic heterocycles. The second kappa shape index (κ2) is 8.86. The molecule has 182 valence electrons. The van der Waals surface area contributed by atoms with Crippen LogP contribution in [-0.4, -0.2) is 17.9 Å². The highest BCUT2D eigenvalue weighted by molar-refractivity contribution is 5.80. The minimum Gasteiger partial charge on any atom is -0.458 e. The summed E-state index contributed by atoms with van der Waals surface area (Å²) in [7, 11) is 0. The van der Waals surface area contributed by atoms with Crippen molar-refractivity contribution in [3.05, 3.63) is 35.5 Å². The van der Waals surface area contributed by atoms with Gasteiger partial charge in [-0.05, 0) is 83.3 Å². The first-order valence-electron chi connectivity index (χ1n) is 13.3. The van der Waals surface area contributed by atoms with E-state index < -0.39 is 0 Å². The van der Waals surface area contributed by atoms with Crippen LogP contribution in [0.15, 0.2) is 35.5 Å². The van der Waals surface area contributed by atoms with Gasteiger partial charge in [0.05, 0.1) is 0 Å². The Labute approximate surface area is 201 Å². The number of rotatable bonds is 5. The molecule has 3 nitrogen and oxygen atoms in total. The highest BCUT2D eigenvalue weighted by atomic mass is 16.5. The Bertz CT molecular complexity index is 892. The molecule has 8 atom stereocenters. The predicted molar refractivity (Wildman–Crippen MR) is 133 cm³/mol. The zero-order valence-electron chi connectivity index (χ0n) is 21.8. The third-order valence-corrected chi connectivity index (χ3v) is 10.1. The summed E-state index contributed by atoms with van der Waals surface area (Å²) >= 11 is 0. The highest BCUT2D eigenvalue weighted by Gasteiger charge is 2.57. The van der Waals surface area contributed by atoms with Gasteiger partial charge in [0.25, 0.3) is 0 Å². The summed E-state index contributed by atoms with van der Waals surface area (Å²) in [5, 5.41) is 0. The predicted octanol–water partition coefficient (Wildman–Crippen LogP) is 7.08.